The van der Waals surface area contributed by atoms with E-state index in [1.165, 1.54) is 0 Å². The summed E-state index contributed by atoms with van der Waals surface area (Å²) in [4.78, 5) is 20.8. The van der Waals surface area contributed by atoms with Gasteiger partial charge in [-0.05, 0) is 38.6 Å². The number of amides is 1. The van der Waals surface area contributed by atoms with E-state index < -0.39 is 0 Å². The Kier molecular flexibility index (Phi) is 4.20. The lowest BCUT2D eigenvalue weighted by Crippen LogP contribution is -2.34. The topological polar surface area (TPSA) is 36.4 Å². The molecule has 0 bridgehead atoms. The van der Waals surface area contributed by atoms with Crippen LogP contribution in [0.15, 0.2) is 18.3 Å². The van der Waals surface area contributed by atoms with Crippen molar-refractivity contribution < 1.29 is 4.79 Å². The smallest absolute Gasteiger partial charge is 0.255 e. The number of pyridine rings is 1. The van der Waals surface area contributed by atoms with Crippen molar-refractivity contribution >= 4 is 5.91 Å². The summed E-state index contributed by atoms with van der Waals surface area (Å²) < 4.78 is 0. The first kappa shape index (κ1) is 14.0. The van der Waals surface area contributed by atoms with Crippen LogP contribution in [0.3, 0.4) is 0 Å². The summed E-state index contributed by atoms with van der Waals surface area (Å²) in [6, 6.07) is 4.33. The fraction of sp³-hybridized carbons (Fsp3) is 0.600. The van der Waals surface area contributed by atoms with Gasteiger partial charge < -0.3 is 9.80 Å². The Morgan fingerprint density at radius 1 is 1.42 bits per heavy atom. The Balaban J connectivity index is 2.04. The maximum atomic E-state index is 12.4. The molecule has 4 heteroatoms. The molecule has 1 fully saturated rings. The summed E-state index contributed by atoms with van der Waals surface area (Å²) in [5.74, 6) is 0.501. The summed E-state index contributed by atoms with van der Waals surface area (Å²) in [5.41, 5.74) is 1.73. The van der Waals surface area contributed by atoms with E-state index in [2.05, 4.69) is 37.8 Å². The van der Waals surface area contributed by atoms with Crippen LogP contribution >= 0.6 is 0 Å². The number of carbonyl (C=O) groups is 1. The van der Waals surface area contributed by atoms with Crippen LogP contribution in [0, 0.1) is 0 Å². The molecule has 1 amide bonds. The third kappa shape index (κ3) is 3.13. The Morgan fingerprint density at radius 3 is 2.63 bits per heavy atom. The third-order valence-electron chi connectivity index (χ3n) is 3.81. The van der Waals surface area contributed by atoms with Crippen LogP contribution in [0.2, 0.25) is 0 Å². The predicted molar refractivity (Wildman–Crippen MR) is 76.3 cm³/mol. The molecule has 0 N–H and O–H groups in total. The molecule has 1 aromatic heterocycles. The average molecular weight is 261 g/mol. The van der Waals surface area contributed by atoms with Crippen molar-refractivity contribution in [3.05, 3.63) is 29.6 Å². The second-order valence-electron chi connectivity index (χ2n) is 5.78. The van der Waals surface area contributed by atoms with Gasteiger partial charge in [-0.1, -0.05) is 13.8 Å². The van der Waals surface area contributed by atoms with E-state index in [1.807, 2.05) is 17.0 Å². The zero-order chi connectivity index (χ0) is 14.0. The van der Waals surface area contributed by atoms with Crippen molar-refractivity contribution in [2.45, 2.75) is 32.2 Å². The SMILES string of the molecule is CC(C)c1ccc(C(=O)N2CC[C@H](N(C)C)C2)cn1. The normalized spacial score (nSPS) is 19.5. The molecule has 19 heavy (non-hydrogen) atoms. The van der Waals surface area contributed by atoms with Crippen molar-refractivity contribution in [2.24, 2.45) is 0 Å². The molecule has 0 spiro atoms. The molecular formula is C15H23N3O. The van der Waals surface area contributed by atoms with Crippen molar-refractivity contribution in [3.63, 3.8) is 0 Å². The summed E-state index contributed by atoms with van der Waals surface area (Å²) in [6.07, 6.45) is 2.76. The largest absolute Gasteiger partial charge is 0.337 e. The standard InChI is InChI=1S/C15H23N3O/c1-11(2)14-6-5-12(9-16-14)15(19)18-8-7-13(10-18)17(3)4/h5-6,9,11,13H,7-8,10H2,1-4H3/t13-/m0/s1. The summed E-state index contributed by atoms with van der Waals surface area (Å²) >= 11 is 0. The van der Waals surface area contributed by atoms with E-state index in [0.717, 1.165) is 25.2 Å². The quantitative estimate of drug-likeness (QED) is 0.835. The molecule has 0 saturated carbocycles. The lowest BCUT2D eigenvalue weighted by molar-refractivity contribution is 0.0782. The number of carbonyl (C=O) groups excluding carboxylic acids is 1. The van der Waals surface area contributed by atoms with Gasteiger partial charge in [-0.25, -0.2) is 0 Å². The number of aromatic nitrogens is 1. The molecule has 2 rings (SSSR count). The third-order valence-corrected chi connectivity index (χ3v) is 3.81. The van der Waals surface area contributed by atoms with E-state index in [0.29, 0.717) is 17.5 Å². The van der Waals surface area contributed by atoms with E-state index in [9.17, 15) is 4.79 Å². The molecule has 1 aliphatic heterocycles. The van der Waals surface area contributed by atoms with Crippen LogP contribution in [0.4, 0.5) is 0 Å². The molecule has 1 atom stereocenters. The molecule has 0 aromatic carbocycles. The molecule has 0 aliphatic carbocycles. The van der Waals surface area contributed by atoms with Gasteiger partial charge in [0.1, 0.15) is 0 Å². The highest BCUT2D eigenvalue weighted by Gasteiger charge is 2.28. The van der Waals surface area contributed by atoms with E-state index in [4.69, 9.17) is 0 Å². The van der Waals surface area contributed by atoms with Gasteiger partial charge in [-0.15, -0.1) is 0 Å². The van der Waals surface area contributed by atoms with Gasteiger partial charge >= 0.3 is 0 Å². The number of hydrogen-bond donors (Lipinski definition) is 0. The fourth-order valence-electron chi connectivity index (χ4n) is 2.40. The predicted octanol–water partition coefficient (Wildman–Crippen LogP) is 1.98. The Labute approximate surface area is 115 Å². The van der Waals surface area contributed by atoms with Crippen LogP contribution < -0.4 is 0 Å². The molecule has 1 saturated heterocycles. The average Bonchev–Trinajstić information content (AvgIpc) is 2.87. The molecule has 4 nitrogen and oxygen atoms in total. The van der Waals surface area contributed by atoms with Crippen LogP contribution in [-0.2, 0) is 0 Å². The minimum atomic E-state index is 0.104. The first-order valence-corrected chi connectivity index (χ1v) is 6.90. The minimum Gasteiger partial charge on any atom is -0.337 e. The Morgan fingerprint density at radius 2 is 2.16 bits per heavy atom. The minimum absolute atomic E-state index is 0.104. The maximum absolute atomic E-state index is 12.4. The number of likely N-dealkylation sites (N-methyl/N-ethyl adjacent to an activating group) is 1. The molecule has 104 valence electrons. The Hall–Kier alpha value is -1.42. The number of rotatable bonds is 3. The van der Waals surface area contributed by atoms with Gasteiger partial charge in [0.25, 0.3) is 5.91 Å². The van der Waals surface area contributed by atoms with Crippen LogP contribution in [0.1, 0.15) is 42.2 Å². The van der Waals surface area contributed by atoms with Crippen LogP contribution in [-0.4, -0.2) is 53.9 Å². The fourth-order valence-corrected chi connectivity index (χ4v) is 2.40. The number of nitrogens with zero attached hydrogens (tertiary/aromatic N) is 3. The van der Waals surface area contributed by atoms with Crippen molar-refractivity contribution in [2.75, 3.05) is 27.2 Å². The van der Waals surface area contributed by atoms with Gasteiger partial charge in [0.2, 0.25) is 0 Å². The number of hydrogen-bond acceptors (Lipinski definition) is 3. The van der Waals surface area contributed by atoms with Gasteiger partial charge in [0.05, 0.1) is 5.56 Å². The van der Waals surface area contributed by atoms with Crippen molar-refractivity contribution in [1.82, 2.24) is 14.8 Å². The summed E-state index contributed by atoms with van der Waals surface area (Å²) in [5, 5.41) is 0. The molecule has 2 heterocycles. The zero-order valence-electron chi connectivity index (χ0n) is 12.3. The van der Waals surface area contributed by atoms with Gasteiger partial charge in [0, 0.05) is 31.0 Å². The Bertz CT molecular complexity index is 439. The van der Waals surface area contributed by atoms with E-state index in [1.54, 1.807) is 6.20 Å². The van der Waals surface area contributed by atoms with Gasteiger partial charge in [0.15, 0.2) is 0 Å². The van der Waals surface area contributed by atoms with E-state index in [-0.39, 0.29) is 5.91 Å². The first-order valence-electron chi connectivity index (χ1n) is 6.90. The van der Waals surface area contributed by atoms with Crippen LogP contribution in [0.5, 0.6) is 0 Å². The maximum Gasteiger partial charge on any atom is 0.255 e. The second-order valence-corrected chi connectivity index (χ2v) is 5.78. The number of likely N-dealkylation sites (tertiary alicyclic amines) is 1. The van der Waals surface area contributed by atoms with Crippen LogP contribution in [0.25, 0.3) is 0 Å². The van der Waals surface area contributed by atoms with Gasteiger partial charge in [-0.3, -0.25) is 9.78 Å². The highest BCUT2D eigenvalue weighted by atomic mass is 16.2. The lowest BCUT2D eigenvalue weighted by atomic mass is 10.1. The zero-order valence-corrected chi connectivity index (χ0v) is 12.3. The summed E-state index contributed by atoms with van der Waals surface area (Å²) in [7, 11) is 4.13. The lowest BCUT2D eigenvalue weighted by Gasteiger charge is -2.20. The van der Waals surface area contributed by atoms with Crippen molar-refractivity contribution in [1.29, 1.82) is 0 Å². The molecular weight excluding hydrogens is 238 g/mol. The van der Waals surface area contributed by atoms with Crippen molar-refractivity contribution in [3.8, 4) is 0 Å². The monoisotopic (exact) mass is 261 g/mol. The highest BCUT2D eigenvalue weighted by molar-refractivity contribution is 5.94. The van der Waals surface area contributed by atoms with E-state index >= 15 is 0 Å². The molecule has 0 radical (unpaired) electrons. The molecule has 1 aliphatic rings. The second kappa shape index (κ2) is 5.70. The molecule has 1 aromatic rings. The summed E-state index contributed by atoms with van der Waals surface area (Å²) in [6.45, 7) is 5.86. The highest BCUT2D eigenvalue weighted by Crippen LogP contribution is 2.17. The first-order chi connectivity index (χ1) is 8.99. The van der Waals surface area contributed by atoms with Gasteiger partial charge in [-0.2, -0.15) is 0 Å². The molecule has 0 unspecified atom stereocenters.